The summed E-state index contributed by atoms with van der Waals surface area (Å²) in [5, 5.41) is 5.88. The quantitative estimate of drug-likeness (QED) is 0.870. The van der Waals surface area contributed by atoms with Crippen LogP contribution in [0.1, 0.15) is 12.5 Å². The molecule has 0 fully saturated rings. The molecule has 2 aromatic rings. The minimum absolute atomic E-state index is 0.0870. The van der Waals surface area contributed by atoms with Gasteiger partial charge in [-0.3, -0.25) is 9.78 Å². The number of pyridine rings is 1. The molecule has 1 aliphatic heterocycles. The summed E-state index contributed by atoms with van der Waals surface area (Å²) in [4.78, 5) is 16.7. The van der Waals surface area contributed by atoms with E-state index in [0.717, 1.165) is 5.56 Å². The van der Waals surface area contributed by atoms with Gasteiger partial charge in [-0.2, -0.15) is 10.1 Å². The Kier molecular flexibility index (Phi) is 3.97. The highest BCUT2D eigenvalue weighted by molar-refractivity contribution is 6.21. The third-order valence-corrected chi connectivity index (χ3v) is 3.77. The van der Waals surface area contributed by atoms with Crippen molar-refractivity contribution in [2.45, 2.75) is 6.92 Å². The number of anilines is 1. The SMILES string of the molecule is COc1ccc(N2N=C(c3cccnc3)C(C)C2=O)cc1OC. The van der Waals surface area contributed by atoms with Crippen molar-refractivity contribution >= 4 is 17.3 Å². The van der Waals surface area contributed by atoms with Crippen molar-refractivity contribution in [3.63, 3.8) is 0 Å². The molecule has 0 spiro atoms. The number of amides is 1. The van der Waals surface area contributed by atoms with Gasteiger partial charge >= 0.3 is 0 Å². The number of hydrazone groups is 1. The highest BCUT2D eigenvalue weighted by Crippen LogP contribution is 2.34. The molecular weight excluding hydrogens is 294 g/mol. The average molecular weight is 311 g/mol. The van der Waals surface area contributed by atoms with Gasteiger partial charge in [-0.1, -0.05) is 0 Å². The maximum atomic E-state index is 12.6. The number of hydrogen-bond acceptors (Lipinski definition) is 5. The van der Waals surface area contributed by atoms with Crippen molar-refractivity contribution in [1.82, 2.24) is 4.98 Å². The van der Waals surface area contributed by atoms with Gasteiger partial charge in [0.05, 0.1) is 31.5 Å². The molecular formula is C17H17N3O3. The van der Waals surface area contributed by atoms with Crippen LogP contribution in [0.25, 0.3) is 0 Å². The summed E-state index contributed by atoms with van der Waals surface area (Å²) < 4.78 is 10.5. The van der Waals surface area contributed by atoms with Gasteiger partial charge in [0, 0.05) is 24.0 Å². The summed E-state index contributed by atoms with van der Waals surface area (Å²) in [5.41, 5.74) is 2.19. The summed E-state index contributed by atoms with van der Waals surface area (Å²) in [6.45, 7) is 1.84. The molecule has 23 heavy (non-hydrogen) atoms. The number of ether oxygens (including phenoxy) is 2. The summed E-state index contributed by atoms with van der Waals surface area (Å²) >= 11 is 0. The zero-order valence-electron chi connectivity index (χ0n) is 13.2. The molecule has 0 aliphatic carbocycles. The van der Waals surface area contributed by atoms with Gasteiger partial charge in [0.25, 0.3) is 5.91 Å². The molecule has 0 radical (unpaired) electrons. The van der Waals surface area contributed by atoms with Crippen LogP contribution in [0.4, 0.5) is 5.69 Å². The highest BCUT2D eigenvalue weighted by atomic mass is 16.5. The molecule has 1 amide bonds. The third-order valence-electron chi connectivity index (χ3n) is 3.77. The van der Waals surface area contributed by atoms with E-state index in [9.17, 15) is 4.79 Å². The Morgan fingerprint density at radius 3 is 2.57 bits per heavy atom. The topological polar surface area (TPSA) is 64.0 Å². The molecule has 1 aromatic carbocycles. The first-order valence-electron chi connectivity index (χ1n) is 7.20. The Morgan fingerprint density at radius 2 is 1.91 bits per heavy atom. The summed E-state index contributed by atoms with van der Waals surface area (Å²) in [6.07, 6.45) is 3.40. The fourth-order valence-corrected chi connectivity index (χ4v) is 2.51. The molecule has 6 heteroatoms. The van der Waals surface area contributed by atoms with Crippen LogP contribution in [0.2, 0.25) is 0 Å². The average Bonchev–Trinajstić information content (AvgIpc) is 2.90. The first kappa shape index (κ1) is 15.0. The minimum atomic E-state index is -0.327. The Bertz CT molecular complexity index is 759. The van der Waals surface area contributed by atoms with Crippen LogP contribution in [0.5, 0.6) is 11.5 Å². The van der Waals surface area contributed by atoms with E-state index in [1.165, 1.54) is 5.01 Å². The largest absolute Gasteiger partial charge is 0.493 e. The lowest BCUT2D eigenvalue weighted by molar-refractivity contribution is -0.119. The standard InChI is InChI=1S/C17H17N3O3/c1-11-16(12-5-4-8-18-10-12)19-20(17(11)21)13-6-7-14(22-2)15(9-13)23-3/h4-11H,1-3H3. The molecule has 6 nitrogen and oxygen atoms in total. The van der Waals surface area contributed by atoms with E-state index in [4.69, 9.17) is 9.47 Å². The Hall–Kier alpha value is -2.89. The van der Waals surface area contributed by atoms with Gasteiger partial charge in [-0.05, 0) is 31.2 Å². The normalized spacial score (nSPS) is 17.2. The molecule has 0 saturated heterocycles. The van der Waals surface area contributed by atoms with Gasteiger partial charge < -0.3 is 9.47 Å². The van der Waals surface area contributed by atoms with Crippen molar-refractivity contribution in [1.29, 1.82) is 0 Å². The minimum Gasteiger partial charge on any atom is -0.493 e. The van der Waals surface area contributed by atoms with Crippen LogP contribution in [0.15, 0.2) is 47.8 Å². The second-order valence-electron chi connectivity index (χ2n) is 5.14. The molecule has 2 heterocycles. The lowest BCUT2D eigenvalue weighted by atomic mass is 10.0. The Morgan fingerprint density at radius 1 is 1.13 bits per heavy atom. The molecule has 1 atom stereocenters. The highest BCUT2D eigenvalue weighted by Gasteiger charge is 2.34. The fourth-order valence-electron chi connectivity index (χ4n) is 2.51. The molecule has 0 saturated carbocycles. The van der Waals surface area contributed by atoms with Crippen molar-refractivity contribution < 1.29 is 14.3 Å². The van der Waals surface area contributed by atoms with Crippen LogP contribution < -0.4 is 14.5 Å². The number of methoxy groups -OCH3 is 2. The number of hydrogen-bond donors (Lipinski definition) is 0. The summed E-state index contributed by atoms with van der Waals surface area (Å²) in [6, 6.07) is 8.99. The zero-order valence-corrected chi connectivity index (χ0v) is 13.2. The maximum absolute atomic E-state index is 12.6. The molecule has 1 aliphatic rings. The molecule has 1 unspecified atom stereocenters. The van der Waals surface area contributed by atoms with Gasteiger partial charge in [-0.15, -0.1) is 0 Å². The summed E-state index contributed by atoms with van der Waals surface area (Å²) in [7, 11) is 3.12. The van der Waals surface area contributed by atoms with Crippen molar-refractivity contribution in [2.24, 2.45) is 11.0 Å². The van der Waals surface area contributed by atoms with Crippen molar-refractivity contribution in [2.75, 3.05) is 19.2 Å². The predicted octanol–water partition coefficient (Wildman–Crippen LogP) is 2.49. The van der Waals surface area contributed by atoms with E-state index in [0.29, 0.717) is 22.9 Å². The van der Waals surface area contributed by atoms with Crippen molar-refractivity contribution in [3.05, 3.63) is 48.3 Å². The summed E-state index contributed by atoms with van der Waals surface area (Å²) in [5.74, 6) is 0.742. The number of aromatic nitrogens is 1. The maximum Gasteiger partial charge on any atom is 0.256 e. The van der Waals surface area contributed by atoms with E-state index < -0.39 is 0 Å². The zero-order chi connectivity index (χ0) is 16.4. The lowest BCUT2D eigenvalue weighted by Gasteiger charge is -2.15. The van der Waals surface area contributed by atoms with Crippen LogP contribution in [-0.2, 0) is 4.79 Å². The number of rotatable bonds is 4. The van der Waals surface area contributed by atoms with E-state index in [1.807, 2.05) is 19.1 Å². The second kappa shape index (κ2) is 6.08. The van der Waals surface area contributed by atoms with E-state index in [-0.39, 0.29) is 11.8 Å². The molecule has 1 aromatic heterocycles. The van der Waals surface area contributed by atoms with E-state index in [2.05, 4.69) is 10.1 Å². The van der Waals surface area contributed by atoms with Crippen LogP contribution >= 0.6 is 0 Å². The van der Waals surface area contributed by atoms with Gasteiger partial charge in [-0.25, -0.2) is 0 Å². The lowest BCUT2D eigenvalue weighted by Crippen LogP contribution is -2.25. The molecule has 118 valence electrons. The fraction of sp³-hybridized carbons (Fsp3) is 0.235. The first-order chi connectivity index (χ1) is 11.2. The number of benzene rings is 1. The molecule has 0 bridgehead atoms. The number of carbonyl (C=O) groups excluding carboxylic acids is 1. The third kappa shape index (κ3) is 2.63. The van der Waals surface area contributed by atoms with E-state index >= 15 is 0 Å². The second-order valence-corrected chi connectivity index (χ2v) is 5.14. The smallest absolute Gasteiger partial charge is 0.256 e. The Labute approximate surface area is 134 Å². The van der Waals surface area contributed by atoms with Gasteiger partial charge in [0.15, 0.2) is 11.5 Å². The van der Waals surface area contributed by atoms with Crippen LogP contribution in [-0.4, -0.2) is 30.8 Å². The molecule has 0 N–H and O–H groups in total. The van der Waals surface area contributed by atoms with Gasteiger partial charge in [0.2, 0.25) is 0 Å². The van der Waals surface area contributed by atoms with Crippen LogP contribution in [0, 0.1) is 5.92 Å². The van der Waals surface area contributed by atoms with Crippen molar-refractivity contribution in [3.8, 4) is 11.5 Å². The number of carbonyl (C=O) groups is 1. The molecule has 3 rings (SSSR count). The number of nitrogens with zero attached hydrogens (tertiary/aromatic N) is 3. The van der Waals surface area contributed by atoms with E-state index in [1.54, 1.807) is 44.8 Å². The Balaban J connectivity index is 2.00. The van der Waals surface area contributed by atoms with Gasteiger partial charge in [0.1, 0.15) is 0 Å². The predicted molar refractivity (Wildman–Crippen MR) is 87.0 cm³/mol. The monoisotopic (exact) mass is 311 g/mol. The first-order valence-corrected chi connectivity index (χ1v) is 7.20. The van der Waals surface area contributed by atoms with Crippen LogP contribution in [0.3, 0.4) is 0 Å².